The molecule has 1 fully saturated rings. The first-order valence-corrected chi connectivity index (χ1v) is 7.87. The van der Waals surface area contributed by atoms with E-state index in [1.165, 1.54) is 20.3 Å². The predicted molar refractivity (Wildman–Crippen MR) is 89.1 cm³/mol. The van der Waals surface area contributed by atoms with E-state index >= 15 is 0 Å². The molecule has 2 aromatic rings. The number of pyridine rings is 1. The monoisotopic (exact) mass is 332 g/mol. The molecule has 1 aromatic heterocycles. The lowest BCUT2D eigenvalue weighted by Crippen LogP contribution is -2.36. The Kier molecular flexibility index (Phi) is 4.33. The molecule has 0 aliphatic heterocycles. The number of ether oxygens (including phenoxy) is 2. The average molecular weight is 332 g/mol. The van der Waals surface area contributed by atoms with Crippen LogP contribution in [0.25, 0.3) is 10.9 Å². The average Bonchev–Trinajstić information content (AvgIpc) is 3.06. The lowest BCUT2D eigenvalue weighted by atomic mass is 10.1. The van der Waals surface area contributed by atoms with E-state index in [2.05, 4.69) is 10.3 Å². The molecule has 1 aromatic carbocycles. The van der Waals surface area contributed by atoms with Crippen molar-refractivity contribution in [2.24, 2.45) is 0 Å². The Morgan fingerprint density at radius 2 is 1.83 bits per heavy atom. The van der Waals surface area contributed by atoms with Crippen LogP contribution in [0.4, 0.5) is 0 Å². The number of H-pyrrole nitrogens is 1. The Morgan fingerprint density at radius 1 is 1.21 bits per heavy atom. The number of nitrogens with one attached hydrogen (secondary N) is 2. The summed E-state index contributed by atoms with van der Waals surface area (Å²) >= 11 is 0. The number of aromatic amines is 1. The summed E-state index contributed by atoms with van der Waals surface area (Å²) in [5.41, 5.74) is -0.545. The van der Waals surface area contributed by atoms with Crippen molar-refractivity contribution in [1.82, 2.24) is 10.3 Å². The molecule has 3 N–H and O–H groups in total. The molecule has 1 amide bonds. The zero-order valence-corrected chi connectivity index (χ0v) is 13.6. The second-order valence-electron chi connectivity index (χ2n) is 5.89. The van der Waals surface area contributed by atoms with Crippen LogP contribution in [0.2, 0.25) is 0 Å². The van der Waals surface area contributed by atoms with Crippen LogP contribution in [-0.2, 0) is 0 Å². The topological polar surface area (TPSA) is 101 Å². The van der Waals surface area contributed by atoms with Crippen molar-refractivity contribution in [3.8, 4) is 17.2 Å². The van der Waals surface area contributed by atoms with Gasteiger partial charge in [0.2, 0.25) is 0 Å². The largest absolute Gasteiger partial charge is 0.506 e. The fourth-order valence-electron chi connectivity index (χ4n) is 3.14. The number of aromatic nitrogens is 1. The molecule has 0 unspecified atom stereocenters. The Morgan fingerprint density at radius 3 is 2.46 bits per heavy atom. The number of aromatic hydroxyl groups is 1. The SMILES string of the molecule is COc1cc2[nH]c(=O)c(C(=O)NC3CCCC3)c(O)c2cc1OC. The van der Waals surface area contributed by atoms with Crippen LogP contribution in [0.5, 0.6) is 17.2 Å². The molecule has 7 heteroatoms. The molecule has 7 nitrogen and oxygen atoms in total. The molecular formula is C17H20N2O5. The van der Waals surface area contributed by atoms with Gasteiger partial charge in [-0.2, -0.15) is 0 Å². The van der Waals surface area contributed by atoms with E-state index in [9.17, 15) is 14.7 Å². The maximum absolute atomic E-state index is 12.4. The summed E-state index contributed by atoms with van der Waals surface area (Å²) in [4.78, 5) is 27.3. The minimum absolute atomic E-state index is 0.0531. The van der Waals surface area contributed by atoms with Gasteiger partial charge >= 0.3 is 0 Å². The molecular weight excluding hydrogens is 312 g/mol. The molecule has 3 rings (SSSR count). The summed E-state index contributed by atoms with van der Waals surface area (Å²) in [6.07, 6.45) is 3.90. The molecule has 0 atom stereocenters. The van der Waals surface area contributed by atoms with E-state index in [0.29, 0.717) is 22.4 Å². The lowest BCUT2D eigenvalue weighted by Gasteiger charge is -2.14. The third kappa shape index (κ3) is 2.77. The van der Waals surface area contributed by atoms with Crippen LogP contribution < -0.4 is 20.3 Å². The van der Waals surface area contributed by atoms with Crippen LogP contribution in [0.15, 0.2) is 16.9 Å². The fourth-order valence-corrected chi connectivity index (χ4v) is 3.14. The maximum atomic E-state index is 12.4. The molecule has 1 saturated carbocycles. The molecule has 0 spiro atoms. The standard InChI is InChI=1S/C17H20N2O5/c1-23-12-7-10-11(8-13(12)24-2)19-17(22)14(15(10)20)16(21)18-9-5-3-4-6-9/h7-9H,3-6H2,1-2H3,(H,18,21)(H2,19,20,22). The van der Waals surface area contributed by atoms with Crippen LogP contribution in [0.3, 0.4) is 0 Å². The highest BCUT2D eigenvalue weighted by molar-refractivity contribution is 6.02. The third-order valence-electron chi connectivity index (χ3n) is 4.41. The first kappa shape index (κ1) is 16.2. The van der Waals surface area contributed by atoms with Crippen LogP contribution in [0.1, 0.15) is 36.0 Å². The number of methoxy groups -OCH3 is 2. The molecule has 0 saturated heterocycles. The smallest absolute Gasteiger partial charge is 0.265 e. The number of amides is 1. The van der Waals surface area contributed by atoms with Gasteiger partial charge in [-0.3, -0.25) is 9.59 Å². The van der Waals surface area contributed by atoms with E-state index in [0.717, 1.165) is 25.7 Å². The lowest BCUT2D eigenvalue weighted by molar-refractivity contribution is 0.0934. The van der Waals surface area contributed by atoms with Crippen molar-refractivity contribution in [3.63, 3.8) is 0 Å². The van der Waals surface area contributed by atoms with Gasteiger partial charge in [0.25, 0.3) is 11.5 Å². The molecule has 1 aliphatic rings. The van der Waals surface area contributed by atoms with Crippen molar-refractivity contribution < 1.29 is 19.4 Å². The van der Waals surface area contributed by atoms with Gasteiger partial charge < -0.3 is 24.9 Å². The van der Waals surface area contributed by atoms with Crippen molar-refractivity contribution in [3.05, 3.63) is 28.0 Å². The highest BCUT2D eigenvalue weighted by atomic mass is 16.5. The van der Waals surface area contributed by atoms with Gasteiger partial charge in [0, 0.05) is 17.5 Å². The van der Waals surface area contributed by atoms with Crippen LogP contribution in [0, 0.1) is 0 Å². The summed E-state index contributed by atoms with van der Waals surface area (Å²) in [6.45, 7) is 0. The molecule has 1 aliphatic carbocycles. The molecule has 0 bridgehead atoms. The second kappa shape index (κ2) is 6.43. The quantitative estimate of drug-likeness (QED) is 0.794. The molecule has 1 heterocycles. The third-order valence-corrected chi connectivity index (χ3v) is 4.41. The molecule has 128 valence electrons. The summed E-state index contributed by atoms with van der Waals surface area (Å²) in [6, 6.07) is 3.14. The number of rotatable bonds is 4. The fraction of sp³-hybridized carbons (Fsp3) is 0.412. The Balaban J connectivity index is 2.08. The zero-order chi connectivity index (χ0) is 17.3. The second-order valence-corrected chi connectivity index (χ2v) is 5.89. The van der Waals surface area contributed by atoms with E-state index < -0.39 is 11.5 Å². The molecule has 0 radical (unpaired) electrons. The van der Waals surface area contributed by atoms with Gasteiger partial charge in [0.15, 0.2) is 11.5 Å². The number of carbonyl (C=O) groups is 1. The Hall–Kier alpha value is -2.70. The molecule has 24 heavy (non-hydrogen) atoms. The number of fused-ring (bicyclic) bond motifs is 1. The maximum Gasteiger partial charge on any atom is 0.265 e. The minimum atomic E-state index is -0.636. The number of benzene rings is 1. The first-order chi connectivity index (χ1) is 11.5. The minimum Gasteiger partial charge on any atom is -0.506 e. The highest BCUT2D eigenvalue weighted by Gasteiger charge is 2.24. The zero-order valence-electron chi connectivity index (χ0n) is 13.6. The summed E-state index contributed by atoms with van der Waals surface area (Å²) < 4.78 is 10.4. The van der Waals surface area contributed by atoms with Gasteiger partial charge in [-0.15, -0.1) is 0 Å². The van der Waals surface area contributed by atoms with Gasteiger partial charge in [0.05, 0.1) is 19.7 Å². The Labute approximate surface area is 138 Å². The number of carbonyl (C=O) groups excluding carboxylic acids is 1. The van der Waals surface area contributed by atoms with Gasteiger partial charge in [-0.05, 0) is 18.9 Å². The van der Waals surface area contributed by atoms with Crippen molar-refractivity contribution in [2.45, 2.75) is 31.7 Å². The summed E-state index contributed by atoms with van der Waals surface area (Å²) in [5.74, 6) is -0.0970. The number of hydrogen-bond donors (Lipinski definition) is 3. The summed E-state index contributed by atoms with van der Waals surface area (Å²) in [5, 5.41) is 13.6. The number of hydrogen-bond acceptors (Lipinski definition) is 5. The van der Waals surface area contributed by atoms with Crippen molar-refractivity contribution in [2.75, 3.05) is 14.2 Å². The normalized spacial score (nSPS) is 14.8. The van der Waals surface area contributed by atoms with Crippen molar-refractivity contribution >= 4 is 16.8 Å². The first-order valence-electron chi connectivity index (χ1n) is 7.87. The van der Waals surface area contributed by atoms with Crippen molar-refractivity contribution in [1.29, 1.82) is 0 Å². The van der Waals surface area contributed by atoms with Gasteiger partial charge in [-0.1, -0.05) is 12.8 Å². The predicted octanol–water partition coefficient (Wildman–Crippen LogP) is 1.92. The Bertz CT molecular complexity index is 837. The highest BCUT2D eigenvalue weighted by Crippen LogP contribution is 2.35. The van der Waals surface area contributed by atoms with E-state index in [-0.39, 0.29) is 17.4 Å². The van der Waals surface area contributed by atoms with Gasteiger partial charge in [0.1, 0.15) is 11.3 Å². The van der Waals surface area contributed by atoms with Crippen LogP contribution >= 0.6 is 0 Å². The van der Waals surface area contributed by atoms with Crippen LogP contribution in [-0.4, -0.2) is 36.3 Å². The van der Waals surface area contributed by atoms with Gasteiger partial charge in [-0.25, -0.2) is 0 Å². The van der Waals surface area contributed by atoms with E-state index in [1.54, 1.807) is 6.07 Å². The van der Waals surface area contributed by atoms with E-state index in [1.807, 2.05) is 0 Å². The summed E-state index contributed by atoms with van der Waals surface area (Å²) in [7, 11) is 2.95. The van der Waals surface area contributed by atoms with E-state index in [4.69, 9.17) is 9.47 Å².